The number of hydrogen-bond acceptors (Lipinski definition) is 2. The van der Waals surface area contributed by atoms with Gasteiger partial charge in [-0.1, -0.05) is 43.7 Å². The highest BCUT2D eigenvalue weighted by Crippen LogP contribution is 2.16. The molecular weight excluding hydrogens is 198 g/mol. The lowest BCUT2D eigenvalue weighted by molar-refractivity contribution is 0.177. The maximum Gasteiger partial charge on any atom is 0.0543 e. The lowest BCUT2D eigenvalue weighted by atomic mass is 9.98. The van der Waals surface area contributed by atoms with Gasteiger partial charge in [-0.3, -0.25) is 0 Å². The number of hydrogen-bond donors (Lipinski definition) is 1. The third-order valence-corrected chi connectivity index (χ3v) is 2.65. The van der Waals surface area contributed by atoms with Gasteiger partial charge in [0.25, 0.3) is 0 Å². The molecule has 90 valence electrons. The summed E-state index contributed by atoms with van der Waals surface area (Å²) in [6, 6.07) is 9.18. The van der Waals surface area contributed by atoms with Gasteiger partial charge in [-0.15, -0.1) is 0 Å². The van der Waals surface area contributed by atoms with Gasteiger partial charge >= 0.3 is 0 Å². The SMILES string of the molecule is COCC(CNC(C)C)c1cccc(C)c1. The molecule has 0 saturated carbocycles. The molecule has 1 atom stereocenters. The average Bonchev–Trinajstić information content (AvgIpc) is 2.24. The summed E-state index contributed by atoms with van der Waals surface area (Å²) in [6.07, 6.45) is 0. The van der Waals surface area contributed by atoms with Crippen LogP contribution in [0.3, 0.4) is 0 Å². The largest absolute Gasteiger partial charge is 0.384 e. The van der Waals surface area contributed by atoms with E-state index in [1.165, 1.54) is 11.1 Å². The molecule has 0 aliphatic heterocycles. The van der Waals surface area contributed by atoms with Crippen LogP contribution in [0.4, 0.5) is 0 Å². The van der Waals surface area contributed by atoms with E-state index in [2.05, 4.69) is 50.4 Å². The molecule has 1 rings (SSSR count). The van der Waals surface area contributed by atoms with Crippen LogP contribution in [0.5, 0.6) is 0 Å². The van der Waals surface area contributed by atoms with Gasteiger partial charge in [0.2, 0.25) is 0 Å². The quantitative estimate of drug-likeness (QED) is 0.797. The number of benzene rings is 1. The van der Waals surface area contributed by atoms with Gasteiger partial charge in [-0.2, -0.15) is 0 Å². The third-order valence-electron chi connectivity index (χ3n) is 2.65. The van der Waals surface area contributed by atoms with Gasteiger partial charge in [-0.05, 0) is 12.5 Å². The summed E-state index contributed by atoms with van der Waals surface area (Å²) in [6.45, 7) is 8.20. The van der Waals surface area contributed by atoms with Crippen molar-refractivity contribution in [1.82, 2.24) is 5.32 Å². The summed E-state index contributed by atoms with van der Waals surface area (Å²) in [5.74, 6) is 0.437. The molecule has 1 aromatic rings. The van der Waals surface area contributed by atoms with Crippen LogP contribution in [0.25, 0.3) is 0 Å². The van der Waals surface area contributed by atoms with Gasteiger partial charge in [-0.25, -0.2) is 0 Å². The number of aryl methyl sites for hydroxylation is 1. The minimum atomic E-state index is 0.437. The van der Waals surface area contributed by atoms with Crippen LogP contribution < -0.4 is 5.32 Å². The predicted molar refractivity (Wildman–Crippen MR) is 68.9 cm³/mol. The zero-order valence-electron chi connectivity index (χ0n) is 10.8. The molecular formula is C14H23NO. The Morgan fingerprint density at radius 2 is 2.06 bits per heavy atom. The van der Waals surface area contributed by atoms with Gasteiger partial charge < -0.3 is 10.1 Å². The van der Waals surface area contributed by atoms with Crippen LogP contribution in [0.2, 0.25) is 0 Å². The van der Waals surface area contributed by atoms with E-state index < -0.39 is 0 Å². The average molecular weight is 221 g/mol. The fourth-order valence-electron chi connectivity index (χ4n) is 1.78. The fraction of sp³-hybridized carbons (Fsp3) is 0.571. The lowest BCUT2D eigenvalue weighted by Crippen LogP contribution is -2.29. The van der Waals surface area contributed by atoms with Crippen LogP contribution in [0, 0.1) is 6.92 Å². The van der Waals surface area contributed by atoms with E-state index in [9.17, 15) is 0 Å². The lowest BCUT2D eigenvalue weighted by Gasteiger charge is -2.19. The number of rotatable bonds is 6. The molecule has 0 aromatic heterocycles. The molecule has 0 amide bonds. The maximum absolute atomic E-state index is 5.29. The first-order valence-corrected chi connectivity index (χ1v) is 5.92. The molecule has 1 aromatic carbocycles. The molecule has 0 fully saturated rings. The van der Waals surface area contributed by atoms with Crippen molar-refractivity contribution in [2.45, 2.75) is 32.7 Å². The van der Waals surface area contributed by atoms with Crippen molar-refractivity contribution < 1.29 is 4.74 Å². The second-order valence-corrected chi connectivity index (χ2v) is 4.63. The van der Waals surface area contributed by atoms with Gasteiger partial charge in [0, 0.05) is 25.6 Å². The van der Waals surface area contributed by atoms with Gasteiger partial charge in [0.1, 0.15) is 0 Å². The van der Waals surface area contributed by atoms with E-state index in [-0.39, 0.29) is 0 Å². The highest BCUT2D eigenvalue weighted by molar-refractivity contribution is 5.25. The summed E-state index contributed by atoms with van der Waals surface area (Å²) in [5.41, 5.74) is 2.66. The van der Waals surface area contributed by atoms with Crippen molar-refractivity contribution >= 4 is 0 Å². The first-order chi connectivity index (χ1) is 7.63. The predicted octanol–water partition coefficient (Wildman–Crippen LogP) is 2.72. The highest BCUT2D eigenvalue weighted by Gasteiger charge is 2.11. The molecule has 0 spiro atoms. The fourth-order valence-corrected chi connectivity index (χ4v) is 1.78. The van der Waals surface area contributed by atoms with E-state index in [4.69, 9.17) is 4.74 Å². The Labute approximate surface area is 99.0 Å². The van der Waals surface area contributed by atoms with E-state index in [0.717, 1.165) is 13.2 Å². The Morgan fingerprint density at radius 3 is 2.62 bits per heavy atom. The topological polar surface area (TPSA) is 21.3 Å². The van der Waals surface area contributed by atoms with Crippen molar-refractivity contribution in [3.05, 3.63) is 35.4 Å². The molecule has 16 heavy (non-hydrogen) atoms. The van der Waals surface area contributed by atoms with E-state index in [1.54, 1.807) is 7.11 Å². The van der Waals surface area contributed by atoms with Crippen molar-refractivity contribution in [1.29, 1.82) is 0 Å². The minimum Gasteiger partial charge on any atom is -0.384 e. The Hall–Kier alpha value is -0.860. The summed E-state index contributed by atoms with van der Waals surface area (Å²) in [7, 11) is 1.76. The van der Waals surface area contributed by atoms with Crippen molar-refractivity contribution in [2.75, 3.05) is 20.3 Å². The molecule has 0 aliphatic carbocycles. The van der Waals surface area contributed by atoms with Gasteiger partial charge in [0.15, 0.2) is 0 Å². The maximum atomic E-state index is 5.29. The molecule has 1 unspecified atom stereocenters. The molecule has 2 nitrogen and oxygen atoms in total. The van der Waals surface area contributed by atoms with Crippen molar-refractivity contribution in [2.24, 2.45) is 0 Å². The van der Waals surface area contributed by atoms with E-state index in [1.807, 2.05) is 0 Å². The number of methoxy groups -OCH3 is 1. The zero-order chi connectivity index (χ0) is 12.0. The smallest absolute Gasteiger partial charge is 0.0543 e. The third kappa shape index (κ3) is 4.33. The molecule has 0 heterocycles. The Kier molecular flexibility index (Phi) is 5.50. The second kappa shape index (κ2) is 6.66. The van der Waals surface area contributed by atoms with Crippen LogP contribution in [-0.2, 0) is 4.74 Å². The molecule has 2 heteroatoms. The summed E-state index contributed by atoms with van der Waals surface area (Å²) >= 11 is 0. The van der Waals surface area contributed by atoms with Crippen LogP contribution in [0.15, 0.2) is 24.3 Å². The summed E-state index contributed by atoms with van der Waals surface area (Å²) < 4.78 is 5.29. The molecule has 0 bridgehead atoms. The standard InChI is InChI=1S/C14H23NO/c1-11(2)15-9-14(10-16-4)13-7-5-6-12(3)8-13/h5-8,11,14-15H,9-10H2,1-4H3. The van der Waals surface area contributed by atoms with E-state index in [0.29, 0.717) is 12.0 Å². The Balaban J connectivity index is 2.68. The molecule has 0 radical (unpaired) electrons. The van der Waals surface area contributed by atoms with Crippen molar-refractivity contribution in [3.8, 4) is 0 Å². The first kappa shape index (κ1) is 13.2. The molecule has 0 aliphatic rings. The summed E-state index contributed by atoms with van der Waals surface area (Å²) in [5, 5.41) is 3.47. The van der Waals surface area contributed by atoms with Crippen LogP contribution in [-0.4, -0.2) is 26.3 Å². The zero-order valence-corrected chi connectivity index (χ0v) is 10.8. The normalized spacial score (nSPS) is 13.1. The van der Waals surface area contributed by atoms with Crippen LogP contribution in [0.1, 0.15) is 30.9 Å². The molecule has 1 N–H and O–H groups in total. The minimum absolute atomic E-state index is 0.437. The Morgan fingerprint density at radius 1 is 1.31 bits per heavy atom. The van der Waals surface area contributed by atoms with Gasteiger partial charge in [0.05, 0.1) is 6.61 Å². The molecule has 0 saturated heterocycles. The van der Waals surface area contributed by atoms with E-state index >= 15 is 0 Å². The first-order valence-electron chi connectivity index (χ1n) is 5.92. The summed E-state index contributed by atoms with van der Waals surface area (Å²) in [4.78, 5) is 0. The number of nitrogens with one attached hydrogen (secondary N) is 1. The number of ether oxygens (including phenoxy) is 1. The highest BCUT2D eigenvalue weighted by atomic mass is 16.5. The van der Waals surface area contributed by atoms with Crippen molar-refractivity contribution in [3.63, 3.8) is 0 Å². The monoisotopic (exact) mass is 221 g/mol. The van der Waals surface area contributed by atoms with Crippen LogP contribution >= 0.6 is 0 Å². The second-order valence-electron chi connectivity index (χ2n) is 4.63. The Bertz CT molecular complexity index is 309.